The first-order chi connectivity index (χ1) is 9.83. The molecule has 0 aliphatic carbocycles. The molecule has 1 aromatic carbocycles. The van der Waals surface area contributed by atoms with E-state index in [1.807, 2.05) is 30.3 Å². The predicted octanol–water partition coefficient (Wildman–Crippen LogP) is 2.12. The molecule has 2 N–H and O–H groups in total. The molecule has 0 radical (unpaired) electrons. The number of nitrogens with one attached hydrogen (secondary N) is 2. The molecule has 0 saturated heterocycles. The van der Waals surface area contributed by atoms with E-state index in [4.69, 9.17) is 0 Å². The van der Waals surface area contributed by atoms with Gasteiger partial charge in [0.2, 0.25) is 5.95 Å². The number of aromatic amines is 1. The van der Waals surface area contributed by atoms with E-state index in [-0.39, 0.29) is 11.9 Å². The second kappa shape index (κ2) is 5.31. The maximum atomic E-state index is 11.9. The zero-order valence-electron chi connectivity index (χ0n) is 10.4. The molecule has 2 aromatic heterocycles. The highest BCUT2D eigenvalue weighted by atomic mass is 16.2. The third kappa shape index (κ3) is 2.54. The Hall–Kier alpha value is -3.02. The van der Waals surface area contributed by atoms with Crippen LogP contribution in [-0.4, -0.2) is 26.1 Å². The van der Waals surface area contributed by atoms with Gasteiger partial charge in [0.05, 0.1) is 0 Å². The average molecular weight is 265 g/mol. The number of benzene rings is 1. The van der Waals surface area contributed by atoms with Crippen molar-refractivity contribution in [2.75, 3.05) is 5.32 Å². The van der Waals surface area contributed by atoms with Crippen molar-refractivity contribution in [3.05, 3.63) is 60.4 Å². The number of pyridine rings is 1. The van der Waals surface area contributed by atoms with Crippen LogP contribution in [0.4, 0.5) is 5.95 Å². The largest absolute Gasteiger partial charge is 0.288 e. The van der Waals surface area contributed by atoms with Crippen LogP contribution in [0.15, 0.2) is 54.7 Å². The molecule has 3 rings (SSSR count). The Labute approximate surface area is 114 Å². The van der Waals surface area contributed by atoms with Crippen molar-refractivity contribution < 1.29 is 4.79 Å². The minimum Gasteiger partial charge on any atom is -0.288 e. The van der Waals surface area contributed by atoms with Crippen LogP contribution in [0.25, 0.3) is 11.4 Å². The van der Waals surface area contributed by atoms with Gasteiger partial charge in [-0.3, -0.25) is 20.2 Å². The van der Waals surface area contributed by atoms with Crippen molar-refractivity contribution in [2.24, 2.45) is 0 Å². The number of carbonyl (C=O) groups is 1. The molecular formula is C14H11N5O. The van der Waals surface area contributed by atoms with Crippen LogP contribution in [0.5, 0.6) is 0 Å². The summed E-state index contributed by atoms with van der Waals surface area (Å²) in [6.07, 6.45) is 1.56. The summed E-state index contributed by atoms with van der Waals surface area (Å²) in [6, 6.07) is 14.7. The quantitative estimate of drug-likeness (QED) is 0.759. The maximum absolute atomic E-state index is 11.9. The zero-order valence-corrected chi connectivity index (χ0v) is 10.4. The van der Waals surface area contributed by atoms with E-state index in [2.05, 4.69) is 25.5 Å². The Morgan fingerprint density at radius 3 is 2.60 bits per heavy atom. The number of nitrogens with zero attached hydrogens (tertiary/aromatic N) is 3. The molecule has 0 bridgehead atoms. The van der Waals surface area contributed by atoms with E-state index in [0.29, 0.717) is 11.5 Å². The van der Waals surface area contributed by atoms with Crippen molar-refractivity contribution in [1.29, 1.82) is 0 Å². The smallest absolute Gasteiger partial charge is 0.276 e. The van der Waals surface area contributed by atoms with Crippen LogP contribution in [-0.2, 0) is 0 Å². The Kier molecular flexibility index (Phi) is 3.20. The molecule has 3 aromatic rings. The van der Waals surface area contributed by atoms with Gasteiger partial charge in [-0.15, -0.1) is 5.10 Å². The third-order valence-corrected chi connectivity index (χ3v) is 2.66. The minimum atomic E-state index is -0.343. The molecule has 0 unspecified atom stereocenters. The highest BCUT2D eigenvalue weighted by Gasteiger charge is 2.11. The Morgan fingerprint density at radius 2 is 1.85 bits per heavy atom. The number of amides is 1. The predicted molar refractivity (Wildman–Crippen MR) is 74.0 cm³/mol. The lowest BCUT2D eigenvalue weighted by Crippen LogP contribution is -2.14. The summed E-state index contributed by atoms with van der Waals surface area (Å²) in [6.45, 7) is 0. The van der Waals surface area contributed by atoms with Gasteiger partial charge < -0.3 is 0 Å². The lowest BCUT2D eigenvalue weighted by molar-refractivity contribution is 0.102. The highest BCUT2D eigenvalue weighted by Crippen LogP contribution is 2.15. The van der Waals surface area contributed by atoms with Crippen molar-refractivity contribution in [3.8, 4) is 11.4 Å². The Morgan fingerprint density at radius 1 is 1.05 bits per heavy atom. The molecule has 0 aliphatic heterocycles. The number of hydrogen-bond acceptors (Lipinski definition) is 4. The number of anilines is 1. The van der Waals surface area contributed by atoms with Gasteiger partial charge in [-0.05, 0) is 12.1 Å². The molecule has 0 fully saturated rings. The fourth-order valence-electron chi connectivity index (χ4n) is 1.71. The van der Waals surface area contributed by atoms with Gasteiger partial charge in [0, 0.05) is 11.8 Å². The monoisotopic (exact) mass is 265 g/mol. The first kappa shape index (κ1) is 12.0. The summed E-state index contributed by atoms with van der Waals surface area (Å²) >= 11 is 0. The van der Waals surface area contributed by atoms with Crippen LogP contribution in [0.1, 0.15) is 10.5 Å². The van der Waals surface area contributed by atoms with Crippen LogP contribution in [0.2, 0.25) is 0 Å². The minimum absolute atomic E-state index is 0.222. The van der Waals surface area contributed by atoms with Gasteiger partial charge >= 0.3 is 0 Å². The molecule has 98 valence electrons. The molecule has 6 nitrogen and oxygen atoms in total. The van der Waals surface area contributed by atoms with E-state index in [9.17, 15) is 4.79 Å². The van der Waals surface area contributed by atoms with E-state index in [1.54, 1.807) is 24.4 Å². The van der Waals surface area contributed by atoms with Crippen molar-refractivity contribution in [3.63, 3.8) is 0 Å². The van der Waals surface area contributed by atoms with E-state index in [1.165, 1.54) is 0 Å². The zero-order chi connectivity index (χ0) is 13.8. The van der Waals surface area contributed by atoms with Crippen molar-refractivity contribution >= 4 is 11.9 Å². The van der Waals surface area contributed by atoms with Gasteiger partial charge in [-0.25, -0.2) is 0 Å². The average Bonchev–Trinajstić information content (AvgIpc) is 2.97. The van der Waals surface area contributed by atoms with Gasteiger partial charge in [-0.2, -0.15) is 4.98 Å². The molecule has 2 heterocycles. The van der Waals surface area contributed by atoms with Crippen molar-refractivity contribution in [2.45, 2.75) is 0 Å². The second-order valence-electron chi connectivity index (χ2n) is 4.04. The molecule has 0 aliphatic rings. The molecule has 20 heavy (non-hydrogen) atoms. The summed E-state index contributed by atoms with van der Waals surface area (Å²) in [5, 5.41) is 9.34. The van der Waals surface area contributed by atoms with Crippen LogP contribution in [0, 0.1) is 0 Å². The maximum Gasteiger partial charge on any atom is 0.276 e. The summed E-state index contributed by atoms with van der Waals surface area (Å²) in [5.41, 5.74) is 1.22. The Bertz CT molecular complexity index is 709. The molecule has 1 amide bonds. The first-order valence-electron chi connectivity index (χ1n) is 6.03. The summed E-state index contributed by atoms with van der Waals surface area (Å²) in [7, 11) is 0. The van der Waals surface area contributed by atoms with Gasteiger partial charge in [0.25, 0.3) is 5.91 Å². The molecule has 6 heteroatoms. The number of hydrogen-bond donors (Lipinski definition) is 2. The van der Waals surface area contributed by atoms with E-state index >= 15 is 0 Å². The number of carbonyl (C=O) groups excluding carboxylic acids is 1. The normalized spacial score (nSPS) is 10.2. The number of aromatic nitrogens is 4. The lowest BCUT2D eigenvalue weighted by atomic mass is 10.2. The third-order valence-electron chi connectivity index (χ3n) is 2.66. The summed E-state index contributed by atoms with van der Waals surface area (Å²) < 4.78 is 0. The molecule has 0 spiro atoms. The van der Waals surface area contributed by atoms with Crippen LogP contribution in [0.3, 0.4) is 0 Å². The van der Waals surface area contributed by atoms with E-state index in [0.717, 1.165) is 5.56 Å². The standard InChI is InChI=1S/C14H11N5O/c20-13(11-8-4-5-9-15-11)17-14-16-12(18-19-14)10-6-2-1-3-7-10/h1-9H,(H2,16,17,18,19,20). The topological polar surface area (TPSA) is 83.6 Å². The molecular weight excluding hydrogens is 254 g/mol. The van der Waals surface area contributed by atoms with Crippen LogP contribution < -0.4 is 5.32 Å². The fourth-order valence-corrected chi connectivity index (χ4v) is 1.71. The van der Waals surface area contributed by atoms with Crippen molar-refractivity contribution in [1.82, 2.24) is 20.2 Å². The molecule has 0 saturated carbocycles. The summed E-state index contributed by atoms with van der Waals surface area (Å²) in [5.74, 6) is 0.477. The second-order valence-corrected chi connectivity index (χ2v) is 4.04. The fraction of sp³-hybridized carbons (Fsp3) is 0. The highest BCUT2D eigenvalue weighted by molar-refractivity contribution is 6.01. The lowest BCUT2D eigenvalue weighted by Gasteiger charge is -1.98. The first-order valence-corrected chi connectivity index (χ1v) is 6.03. The van der Waals surface area contributed by atoms with Crippen LogP contribution >= 0.6 is 0 Å². The van der Waals surface area contributed by atoms with Gasteiger partial charge in [-0.1, -0.05) is 36.4 Å². The van der Waals surface area contributed by atoms with E-state index < -0.39 is 0 Å². The van der Waals surface area contributed by atoms with Gasteiger partial charge in [0.1, 0.15) is 5.69 Å². The Balaban J connectivity index is 1.77. The summed E-state index contributed by atoms with van der Waals surface area (Å²) in [4.78, 5) is 20.1. The number of H-pyrrole nitrogens is 1. The van der Waals surface area contributed by atoms with Gasteiger partial charge in [0.15, 0.2) is 5.82 Å². The SMILES string of the molecule is O=C(Nc1n[nH]c(-c2ccccc2)n1)c1ccccn1. The molecule has 0 atom stereocenters. The number of rotatable bonds is 3.